The summed E-state index contributed by atoms with van der Waals surface area (Å²) in [7, 11) is 0. The molecule has 6 atom stereocenters. The first-order valence-corrected chi connectivity index (χ1v) is 16.5. The van der Waals surface area contributed by atoms with Gasteiger partial charge < -0.3 is 24.5 Å². The maximum absolute atomic E-state index is 14.7. The maximum Gasteiger partial charge on any atom is 0.251 e. The van der Waals surface area contributed by atoms with E-state index < -0.39 is 28.7 Å². The summed E-state index contributed by atoms with van der Waals surface area (Å²) in [6, 6.07) is 12.9. The highest BCUT2D eigenvalue weighted by molar-refractivity contribution is 8.02. The minimum absolute atomic E-state index is 0.110. The third-order valence-electron chi connectivity index (χ3n) is 9.09. The van der Waals surface area contributed by atoms with Gasteiger partial charge in [-0.05, 0) is 74.7 Å². The highest BCUT2D eigenvalue weighted by Crippen LogP contribution is 2.67. The second-order valence-electron chi connectivity index (χ2n) is 11.4. The molecule has 0 aliphatic carbocycles. The minimum Gasteiger partial charge on any atom is -0.494 e. The number of nitrogens with zero attached hydrogens (tertiary/aromatic N) is 3. The van der Waals surface area contributed by atoms with Crippen LogP contribution >= 0.6 is 23.4 Å². The van der Waals surface area contributed by atoms with Crippen molar-refractivity contribution in [1.29, 1.82) is 0 Å². The molecular formula is C34H40ClN3O5S. The molecule has 5 rings (SSSR count). The fourth-order valence-electron chi connectivity index (χ4n) is 7.20. The van der Waals surface area contributed by atoms with Crippen LogP contribution in [0, 0.1) is 11.8 Å². The first-order chi connectivity index (χ1) is 21.3. The summed E-state index contributed by atoms with van der Waals surface area (Å²) < 4.78 is 4.79. The molecule has 0 aromatic heterocycles. The number of amides is 3. The van der Waals surface area contributed by atoms with Gasteiger partial charge in [-0.3, -0.25) is 14.4 Å². The van der Waals surface area contributed by atoms with Crippen molar-refractivity contribution in [1.82, 2.24) is 4.90 Å². The largest absolute Gasteiger partial charge is 0.494 e. The van der Waals surface area contributed by atoms with Gasteiger partial charge in [-0.15, -0.1) is 24.9 Å². The molecular weight excluding hydrogens is 598 g/mol. The third kappa shape index (κ3) is 5.43. The molecule has 3 aliphatic heterocycles. The fourth-order valence-corrected chi connectivity index (χ4v) is 9.52. The number of aliphatic hydroxyl groups excluding tert-OH is 1. The zero-order chi connectivity index (χ0) is 31.6. The molecule has 2 aromatic rings. The lowest BCUT2D eigenvalue weighted by Gasteiger charge is -2.39. The predicted molar refractivity (Wildman–Crippen MR) is 176 cm³/mol. The third-order valence-corrected chi connectivity index (χ3v) is 11.3. The van der Waals surface area contributed by atoms with Gasteiger partial charge in [0, 0.05) is 34.7 Å². The summed E-state index contributed by atoms with van der Waals surface area (Å²) in [4.78, 5) is 48.6. The number of likely N-dealkylation sites (tertiary alicyclic amines) is 1. The van der Waals surface area contributed by atoms with Crippen LogP contribution in [0.15, 0.2) is 73.8 Å². The first kappa shape index (κ1) is 32.1. The number of carbonyl (C=O) groups excluding carboxylic acids is 3. The standard InChI is InChI=1S/C34H40ClN3O5S/c1-5-19-36(25-13-15-26(16-14-25)43-8-4)31(40)28-27-17-18-34(44-27)29(28)32(41)38(23(7-3)21-39)30(34)33(42)37(20-6-2)24-11-9-22(35)10-12-24/h5-6,9-16,23,27-30,39H,1-2,7-8,17-21H2,3-4H3/t23-,27-,28+,29-,30?,34?/m0/s1. The van der Waals surface area contributed by atoms with Crippen LogP contribution < -0.4 is 14.5 Å². The highest BCUT2D eigenvalue weighted by Gasteiger charge is 2.74. The van der Waals surface area contributed by atoms with Crippen molar-refractivity contribution in [3.05, 3.63) is 78.9 Å². The van der Waals surface area contributed by atoms with E-state index in [0.29, 0.717) is 48.0 Å². The number of carbonyl (C=O) groups is 3. The van der Waals surface area contributed by atoms with Crippen molar-refractivity contribution in [3.8, 4) is 5.75 Å². The summed E-state index contributed by atoms with van der Waals surface area (Å²) in [5.41, 5.74) is 1.33. The number of aliphatic hydroxyl groups is 1. The van der Waals surface area contributed by atoms with E-state index in [2.05, 4.69) is 13.2 Å². The number of benzene rings is 2. The van der Waals surface area contributed by atoms with Gasteiger partial charge in [0.1, 0.15) is 11.8 Å². The summed E-state index contributed by atoms with van der Waals surface area (Å²) in [5.74, 6) is -1.24. The first-order valence-electron chi connectivity index (χ1n) is 15.2. The van der Waals surface area contributed by atoms with Crippen LogP contribution in [0.4, 0.5) is 11.4 Å². The van der Waals surface area contributed by atoms with E-state index in [-0.39, 0.29) is 42.7 Å². The second kappa shape index (κ2) is 13.4. The number of hydrogen-bond donors (Lipinski definition) is 1. The Kier molecular flexibility index (Phi) is 9.77. The predicted octanol–water partition coefficient (Wildman–Crippen LogP) is 5.34. The Labute approximate surface area is 268 Å². The van der Waals surface area contributed by atoms with Crippen LogP contribution in [0.5, 0.6) is 5.75 Å². The van der Waals surface area contributed by atoms with Crippen LogP contribution in [0.25, 0.3) is 0 Å². The van der Waals surface area contributed by atoms with Crippen molar-refractivity contribution in [2.45, 2.75) is 55.2 Å². The number of anilines is 2. The molecule has 3 saturated heterocycles. The Balaban J connectivity index is 1.55. The lowest BCUT2D eigenvalue weighted by Crippen LogP contribution is -2.57. The van der Waals surface area contributed by atoms with Crippen LogP contribution in [-0.2, 0) is 14.4 Å². The average Bonchev–Trinajstić information content (AvgIpc) is 3.68. The van der Waals surface area contributed by atoms with Gasteiger partial charge in [0.05, 0.1) is 35.8 Å². The zero-order valence-electron chi connectivity index (χ0n) is 25.2. The molecule has 234 valence electrons. The topological polar surface area (TPSA) is 90.4 Å². The van der Waals surface area contributed by atoms with E-state index in [4.69, 9.17) is 16.3 Å². The van der Waals surface area contributed by atoms with Gasteiger partial charge in [-0.2, -0.15) is 0 Å². The smallest absolute Gasteiger partial charge is 0.251 e. The van der Waals surface area contributed by atoms with Gasteiger partial charge in [0.15, 0.2) is 0 Å². The van der Waals surface area contributed by atoms with Crippen molar-refractivity contribution < 1.29 is 24.2 Å². The number of thioether (sulfide) groups is 1. The number of fused-ring (bicyclic) bond motifs is 1. The van der Waals surface area contributed by atoms with Gasteiger partial charge in [0.2, 0.25) is 11.8 Å². The monoisotopic (exact) mass is 637 g/mol. The summed E-state index contributed by atoms with van der Waals surface area (Å²) in [5, 5.41) is 10.9. The Morgan fingerprint density at radius 2 is 1.66 bits per heavy atom. The molecule has 10 heteroatoms. The number of rotatable bonds is 13. The Morgan fingerprint density at radius 1 is 1.07 bits per heavy atom. The summed E-state index contributed by atoms with van der Waals surface area (Å²) in [6.45, 7) is 12.3. The normalized spacial score (nSPS) is 25.8. The van der Waals surface area contributed by atoms with E-state index in [1.54, 1.807) is 62.9 Å². The van der Waals surface area contributed by atoms with Crippen molar-refractivity contribution >= 4 is 52.5 Å². The zero-order valence-corrected chi connectivity index (χ0v) is 26.8. The SMILES string of the molecule is C=CCN(C(=O)C1N([C@@H](CC)CO)C(=O)[C@@H]2[C@H](C(=O)N(CC=C)c3ccc(OCC)cc3)[C@@H]3CCC12S3)c1ccc(Cl)cc1. The Bertz CT molecular complexity index is 1400. The van der Waals surface area contributed by atoms with Gasteiger partial charge in [-0.1, -0.05) is 30.7 Å². The molecule has 1 N–H and O–H groups in total. The molecule has 0 radical (unpaired) electrons. The Morgan fingerprint density at radius 3 is 2.20 bits per heavy atom. The molecule has 44 heavy (non-hydrogen) atoms. The fraction of sp³-hybridized carbons (Fsp3) is 0.441. The molecule has 3 heterocycles. The molecule has 3 aliphatic rings. The van der Waals surface area contributed by atoms with Crippen molar-refractivity contribution in [2.24, 2.45) is 11.8 Å². The highest BCUT2D eigenvalue weighted by atomic mass is 35.5. The van der Waals surface area contributed by atoms with E-state index >= 15 is 0 Å². The van der Waals surface area contributed by atoms with Crippen LogP contribution in [-0.4, -0.2) is 76.1 Å². The van der Waals surface area contributed by atoms with Gasteiger partial charge >= 0.3 is 0 Å². The molecule has 2 aromatic carbocycles. The number of hydrogen-bond acceptors (Lipinski definition) is 6. The number of ether oxygens (including phenoxy) is 1. The van der Waals surface area contributed by atoms with E-state index in [0.717, 1.165) is 0 Å². The quantitative estimate of drug-likeness (QED) is 0.298. The maximum atomic E-state index is 14.7. The molecule has 3 fully saturated rings. The van der Waals surface area contributed by atoms with E-state index in [1.807, 2.05) is 38.1 Å². The lowest BCUT2D eigenvalue weighted by molar-refractivity contribution is -0.141. The molecule has 0 saturated carbocycles. The van der Waals surface area contributed by atoms with Crippen LogP contribution in [0.2, 0.25) is 5.02 Å². The average molecular weight is 638 g/mol. The van der Waals surface area contributed by atoms with E-state index in [1.165, 1.54) is 0 Å². The van der Waals surface area contributed by atoms with E-state index in [9.17, 15) is 19.5 Å². The van der Waals surface area contributed by atoms with Gasteiger partial charge in [-0.25, -0.2) is 0 Å². The summed E-state index contributed by atoms with van der Waals surface area (Å²) >= 11 is 7.76. The van der Waals surface area contributed by atoms with Crippen LogP contribution in [0.3, 0.4) is 0 Å². The molecule has 2 unspecified atom stereocenters. The molecule has 8 nitrogen and oxygen atoms in total. The summed E-state index contributed by atoms with van der Waals surface area (Å²) in [6.07, 6.45) is 5.15. The number of halogens is 1. The van der Waals surface area contributed by atoms with Crippen molar-refractivity contribution in [2.75, 3.05) is 36.1 Å². The lowest BCUT2D eigenvalue weighted by atomic mass is 9.70. The van der Waals surface area contributed by atoms with Crippen LogP contribution in [0.1, 0.15) is 33.1 Å². The molecule has 1 spiro atoms. The minimum atomic E-state index is -0.848. The second-order valence-corrected chi connectivity index (χ2v) is 13.5. The van der Waals surface area contributed by atoms with Gasteiger partial charge in [0.25, 0.3) is 5.91 Å². The molecule has 2 bridgehead atoms. The van der Waals surface area contributed by atoms with Crippen molar-refractivity contribution in [3.63, 3.8) is 0 Å². The Hall–Kier alpha value is -3.27. The molecule has 3 amide bonds.